The standard InChI is InChI=1S/C15H18BrNO3/c1-9(2)14(15(18)19)17-7-10-5-11-6-12(16)3-4-13(11)20-8-10/h3-6,9,14,17H,7-8H2,1-2H3,(H,18,19)/t14-/m1/s1. The first-order chi connectivity index (χ1) is 9.47. The van der Waals surface area contributed by atoms with Gasteiger partial charge in [-0.15, -0.1) is 0 Å². The topological polar surface area (TPSA) is 58.6 Å². The van der Waals surface area contributed by atoms with E-state index < -0.39 is 12.0 Å². The number of carbonyl (C=O) groups is 1. The predicted molar refractivity (Wildman–Crippen MR) is 81.9 cm³/mol. The summed E-state index contributed by atoms with van der Waals surface area (Å²) < 4.78 is 6.66. The summed E-state index contributed by atoms with van der Waals surface area (Å²) >= 11 is 3.43. The van der Waals surface area contributed by atoms with Gasteiger partial charge in [-0.05, 0) is 35.8 Å². The number of hydrogen-bond acceptors (Lipinski definition) is 3. The number of aliphatic carboxylic acids is 1. The molecule has 0 radical (unpaired) electrons. The second-order valence-corrected chi connectivity index (χ2v) is 6.13. The van der Waals surface area contributed by atoms with Crippen molar-refractivity contribution in [1.82, 2.24) is 5.32 Å². The largest absolute Gasteiger partial charge is 0.489 e. The Morgan fingerprint density at radius 2 is 2.25 bits per heavy atom. The number of halogens is 1. The van der Waals surface area contributed by atoms with Crippen LogP contribution in [0.3, 0.4) is 0 Å². The molecular formula is C15H18BrNO3. The second-order valence-electron chi connectivity index (χ2n) is 5.21. The maximum absolute atomic E-state index is 11.1. The third-order valence-electron chi connectivity index (χ3n) is 3.23. The fourth-order valence-electron chi connectivity index (χ4n) is 2.15. The average Bonchev–Trinajstić information content (AvgIpc) is 2.37. The normalized spacial score (nSPS) is 15.3. The molecule has 2 N–H and O–H groups in total. The van der Waals surface area contributed by atoms with Crippen molar-refractivity contribution in [2.75, 3.05) is 13.2 Å². The van der Waals surface area contributed by atoms with Crippen molar-refractivity contribution >= 4 is 28.0 Å². The van der Waals surface area contributed by atoms with Gasteiger partial charge in [0.05, 0.1) is 0 Å². The molecular weight excluding hydrogens is 322 g/mol. The highest BCUT2D eigenvalue weighted by atomic mass is 79.9. The summed E-state index contributed by atoms with van der Waals surface area (Å²) in [6, 6.07) is 5.31. The first-order valence-electron chi connectivity index (χ1n) is 6.55. The molecule has 0 unspecified atom stereocenters. The first-order valence-corrected chi connectivity index (χ1v) is 7.34. The van der Waals surface area contributed by atoms with Crippen molar-refractivity contribution in [3.63, 3.8) is 0 Å². The van der Waals surface area contributed by atoms with E-state index in [0.717, 1.165) is 21.4 Å². The molecule has 1 aliphatic rings. The minimum atomic E-state index is -0.819. The van der Waals surface area contributed by atoms with Gasteiger partial charge in [0.15, 0.2) is 0 Å². The molecule has 0 fully saturated rings. The highest BCUT2D eigenvalue weighted by Crippen LogP contribution is 2.28. The van der Waals surface area contributed by atoms with Gasteiger partial charge >= 0.3 is 5.97 Å². The molecule has 0 amide bonds. The molecule has 1 aromatic rings. The predicted octanol–water partition coefficient (Wildman–Crippen LogP) is 2.92. The Hall–Kier alpha value is -1.33. The Morgan fingerprint density at radius 1 is 1.50 bits per heavy atom. The summed E-state index contributed by atoms with van der Waals surface area (Å²) in [7, 11) is 0. The molecule has 4 nitrogen and oxygen atoms in total. The molecule has 0 saturated heterocycles. The van der Waals surface area contributed by atoms with E-state index in [0.29, 0.717) is 13.2 Å². The zero-order valence-electron chi connectivity index (χ0n) is 11.5. The molecule has 0 aliphatic carbocycles. The van der Waals surface area contributed by atoms with E-state index in [2.05, 4.69) is 27.3 Å². The van der Waals surface area contributed by atoms with Crippen molar-refractivity contribution in [2.45, 2.75) is 19.9 Å². The Labute approximate surface area is 127 Å². The molecule has 0 aromatic heterocycles. The van der Waals surface area contributed by atoms with Crippen LogP contribution in [0.1, 0.15) is 19.4 Å². The van der Waals surface area contributed by atoms with Crippen LogP contribution in [0.2, 0.25) is 0 Å². The molecule has 108 valence electrons. The Kier molecular flexibility index (Phi) is 4.83. The van der Waals surface area contributed by atoms with Crippen LogP contribution in [-0.2, 0) is 4.79 Å². The highest BCUT2D eigenvalue weighted by Gasteiger charge is 2.21. The van der Waals surface area contributed by atoms with Gasteiger partial charge in [0, 0.05) is 16.6 Å². The summed E-state index contributed by atoms with van der Waals surface area (Å²) in [5, 5.41) is 12.2. The molecule has 1 heterocycles. The quantitative estimate of drug-likeness (QED) is 0.865. The molecule has 0 bridgehead atoms. The second kappa shape index (κ2) is 6.41. The van der Waals surface area contributed by atoms with Crippen LogP contribution in [0.25, 0.3) is 6.08 Å². The van der Waals surface area contributed by atoms with Crippen molar-refractivity contribution in [3.8, 4) is 5.75 Å². The van der Waals surface area contributed by atoms with E-state index in [9.17, 15) is 4.79 Å². The molecule has 5 heteroatoms. The van der Waals surface area contributed by atoms with Crippen molar-refractivity contribution < 1.29 is 14.6 Å². The van der Waals surface area contributed by atoms with Gasteiger partial charge in [-0.25, -0.2) is 0 Å². The highest BCUT2D eigenvalue weighted by molar-refractivity contribution is 9.10. The molecule has 20 heavy (non-hydrogen) atoms. The van der Waals surface area contributed by atoms with E-state index in [1.807, 2.05) is 32.0 Å². The molecule has 1 aliphatic heterocycles. The summed E-state index contributed by atoms with van der Waals surface area (Å²) in [5.74, 6) is 0.0788. The first kappa shape index (κ1) is 15.1. The van der Waals surface area contributed by atoms with Crippen LogP contribution >= 0.6 is 15.9 Å². The maximum Gasteiger partial charge on any atom is 0.320 e. The fraction of sp³-hybridized carbons (Fsp3) is 0.400. The zero-order valence-corrected chi connectivity index (χ0v) is 13.1. The monoisotopic (exact) mass is 339 g/mol. The smallest absolute Gasteiger partial charge is 0.320 e. The fourth-order valence-corrected chi connectivity index (χ4v) is 2.53. The number of carboxylic acids is 1. The van der Waals surface area contributed by atoms with Crippen LogP contribution in [0.15, 0.2) is 28.2 Å². The number of ether oxygens (including phenoxy) is 1. The summed E-state index contributed by atoms with van der Waals surface area (Å²) in [4.78, 5) is 11.1. The number of fused-ring (bicyclic) bond motifs is 1. The SMILES string of the molecule is CC(C)[C@@H](NCC1=Cc2cc(Br)ccc2OC1)C(=O)O. The lowest BCUT2D eigenvalue weighted by Gasteiger charge is -2.22. The average molecular weight is 340 g/mol. The number of nitrogens with one attached hydrogen (secondary N) is 1. The third kappa shape index (κ3) is 3.61. The van der Waals surface area contributed by atoms with E-state index in [4.69, 9.17) is 9.84 Å². The molecule has 2 rings (SSSR count). The van der Waals surface area contributed by atoms with Gasteiger partial charge in [0.2, 0.25) is 0 Å². The summed E-state index contributed by atoms with van der Waals surface area (Å²) in [6.07, 6.45) is 2.05. The van der Waals surface area contributed by atoms with Crippen molar-refractivity contribution in [3.05, 3.63) is 33.8 Å². The van der Waals surface area contributed by atoms with Crippen LogP contribution in [0.5, 0.6) is 5.75 Å². The van der Waals surface area contributed by atoms with Gasteiger partial charge in [-0.1, -0.05) is 29.8 Å². The molecule has 1 aromatic carbocycles. The number of rotatable bonds is 5. The third-order valence-corrected chi connectivity index (χ3v) is 3.72. The lowest BCUT2D eigenvalue weighted by Crippen LogP contribution is -2.42. The Morgan fingerprint density at radius 3 is 2.90 bits per heavy atom. The van der Waals surface area contributed by atoms with Crippen LogP contribution in [-0.4, -0.2) is 30.3 Å². The Balaban J connectivity index is 2.06. The molecule has 0 saturated carbocycles. The lowest BCUT2D eigenvalue weighted by atomic mass is 10.0. The molecule has 1 atom stereocenters. The Bertz CT molecular complexity index is 540. The van der Waals surface area contributed by atoms with E-state index in [-0.39, 0.29) is 5.92 Å². The van der Waals surface area contributed by atoms with E-state index in [1.165, 1.54) is 0 Å². The number of carboxylic acid groups (broad SMARTS) is 1. The van der Waals surface area contributed by atoms with Crippen LogP contribution in [0, 0.1) is 5.92 Å². The lowest BCUT2D eigenvalue weighted by molar-refractivity contribution is -0.140. The number of hydrogen-bond donors (Lipinski definition) is 2. The van der Waals surface area contributed by atoms with Gasteiger partial charge in [-0.2, -0.15) is 0 Å². The van der Waals surface area contributed by atoms with Gasteiger partial charge in [0.25, 0.3) is 0 Å². The summed E-state index contributed by atoms with van der Waals surface area (Å²) in [5.41, 5.74) is 2.06. The molecule has 0 spiro atoms. The van der Waals surface area contributed by atoms with E-state index >= 15 is 0 Å². The summed E-state index contributed by atoms with van der Waals surface area (Å²) in [6.45, 7) is 4.79. The van der Waals surface area contributed by atoms with Gasteiger partial charge in [0.1, 0.15) is 18.4 Å². The minimum Gasteiger partial charge on any atom is -0.489 e. The van der Waals surface area contributed by atoms with Crippen LogP contribution in [0.4, 0.5) is 0 Å². The van der Waals surface area contributed by atoms with E-state index in [1.54, 1.807) is 0 Å². The van der Waals surface area contributed by atoms with Crippen molar-refractivity contribution in [1.29, 1.82) is 0 Å². The van der Waals surface area contributed by atoms with Gasteiger partial charge < -0.3 is 15.2 Å². The minimum absolute atomic E-state index is 0.0408. The van der Waals surface area contributed by atoms with Crippen molar-refractivity contribution in [2.24, 2.45) is 5.92 Å². The van der Waals surface area contributed by atoms with Crippen LogP contribution < -0.4 is 10.1 Å². The number of benzene rings is 1. The van der Waals surface area contributed by atoms with Gasteiger partial charge in [-0.3, -0.25) is 4.79 Å². The maximum atomic E-state index is 11.1. The zero-order chi connectivity index (χ0) is 14.7.